The molecule has 2 heterocycles. The van der Waals surface area contributed by atoms with E-state index in [4.69, 9.17) is 11.6 Å². The van der Waals surface area contributed by atoms with Gasteiger partial charge in [0.2, 0.25) is 11.9 Å². The number of para-hydroxylation sites is 1. The SMILES string of the molecule is CC(=O)Nc1cc(Nc2ncc(Cl)c(-c3cn(C)c4ccccc34)n2)cc(F)c1N(C)CCN(C)C. The second-order valence-electron chi connectivity index (χ2n) is 8.95. The van der Waals surface area contributed by atoms with Gasteiger partial charge in [0.25, 0.3) is 0 Å². The Kier molecular flexibility index (Phi) is 7.42. The number of nitrogens with one attached hydrogen (secondary N) is 2. The Morgan fingerprint density at radius 3 is 2.64 bits per heavy atom. The number of aromatic nitrogens is 3. The van der Waals surface area contributed by atoms with Crippen LogP contribution >= 0.6 is 11.6 Å². The predicted molar refractivity (Wildman–Crippen MR) is 145 cm³/mol. The molecule has 0 fully saturated rings. The van der Waals surface area contributed by atoms with Crippen molar-refractivity contribution in [2.75, 3.05) is 49.8 Å². The highest BCUT2D eigenvalue weighted by molar-refractivity contribution is 6.33. The molecule has 188 valence electrons. The van der Waals surface area contributed by atoms with Crippen LogP contribution in [0.4, 0.5) is 27.4 Å². The maximum absolute atomic E-state index is 15.3. The molecular formula is C26H29ClFN7O. The van der Waals surface area contributed by atoms with E-state index in [9.17, 15) is 4.79 Å². The monoisotopic (exact) mass is 509 g/mol. The predicted octanol–water partition coefficient (Wildman–Crippen LogP) is 5.13. The van der Waals surface area contributed by atoms with E-state index in [1.165, 1.54) is 19.2 Å². The number of likely N-dealkylation sites (N-methyl/N-ethyl adjacent to an activating group) is 2. The van der Waals surface area contributed by atoms with E-state index in [1.54, 1.807) is 18.0 Å². The summed E-state index contributed by atoms with van der Waals surface area (Å²) in [6.07, 6.45) is 3.48. The average molecular weight is 510 g/mol. The van der Waals surface area contributed by atoms with Crippen LogP contribution in [-0.2, 0) is 11.8 Å². The topological polar surface area (TPSA) is 78.3 Å². The fraction of sp³-hybridized carbons (Fsp3) is 0.269. The maximum Gasteiger partial charge on any atom is 0.227 e. The van der Waals surface area contributed by atoms with Crippen LogP contribution in [0.2, 0.25) is 5.02 Å². The molecule has 0 saturated carbocycles. The molecule has 4 aromatic rings. The average Bonchev–Trinajstić information content (AvgIpc) is 3.14. The van der Waals surface area contributed by atoms with Crippen molar-refractivity contribution in [2.24, 2.45) is 7.05 Å². The first kappa shape index (κ1) is 25.4. The second kappa shape index (κ2) is 10.5. The summed E-state index contributed by atoms with van der Waals surface area (Å²) >= 11 is 6.48. The molecule has 0 aliphatic carbocycles. The third-order valence-electron chi connectivity index (χ3n) is 5.79. The maximum atomic E-state index is 15.3. The van der Waals surface area contributed by atoms with E-state index in [0.717, 1.165) is 23.0 Å². The smallest absolute Gasteiger partial charge is 0.227 e. The van der Waals surface area contributed by atoms with Crippen LogP contribution < -0.4 is 15.5 Å². The van der Waals surface area contributed by atoms with Gasteiger partial charge in [-0.3, -0.25) is 4.79 Å². The summed E-state index contributed by atoms with van der Waals surface area (Å²) < 4.78 is 17.3. The first-order valence-corrected chi connectivity index (χ1v) is 11.8. The molecule has 0 radical (unpaired) electrons. The van der Waals surface area contributed by atoms with E-state index in [1.807, 2.05) is 61.1 Å². The third kappa shape index (κ3) is 5.42. The fourth-order valence-corrected chi connectivity index (χ4v) is 4.27. The van der Waals surface area contributed by atoms with Crippen LogP contribution in [-0.4, -0.2) is 59.6 Å². The van der Waals surface area contributed by atoms with E-state index < -0.39 is 5.82 Å². The van der Waals surface area contributed by atoms with Crippen molar-refractivity contribution in [2.45, 2.75) is 6.92 Å². The van der Waals surface area contributed by atoms with Crippen LogP contribution in [0.15, 0.2) is 48.8 Å². The molecule has 0 spiro atoms. The molecule has 8 nitrogen and oxygen atoms in total. The number of carbonyl (C=O) groups is 1. The molecular weight excluding hydrogens is 481 g/mol. The lowest BCUT2D eigenvalue weighted by atomic mass is 10.1. The van der Waals surface area contributed by atoms with Gasteiger partial charge in [-0.1, -0.05) is 29.8 Å². The highest BCUT2D eigenvalue weighted by Gasteiger charge is 2.18. The summed E-state index contributed by atoms with van der Waals surface area (Å²) in [6.45, 7) is 2.70. The Labute approximate surface area is 214 Å². The highest BCUT2D eigenvalue weighted by Crippen LogP contribution is 2.35. The largest absolute Gasteiger partial charge is 0.369 e. The number of nitrogens with zero attached hydrogens (tertiary/aromatic N) is 5. The number of hydrogen-bond acceptors (Lipinski definition) is 6. The van der Waals surface area contributed by atoms with Gasteiger partial charge in [0.1, 0.15) is 0 Å². The van der Waals surface area contributed by atoms with Crippen molar-refractivity contribution in [1.29, 1.82) is 0 Å². The second-order valence-corrected chi connectivity index (χ2v) is 9.35. The van der Waals surface area contributed by atoms with Crippen molar-refractivity contribution in [3.8, 4) is 11.3 Å². The van der Waals surface area contributed by atoms with Gasteiger partial charge in [-0.25, -0.2) is 14.4 Å². The lowest BCUT2D eigenvalue weighted by Crippen LogP contribution is -2.30. The van der Waals surface area contributed by atoms with E-state index >= 15 is 4.39 Å². The number of hydrogen-bond donors (Lipinski definition) is 2. The molecule has 2 N–H and O–H groups in total. The number of rotatable bonds is 8. The Morgan fingerprint density at radius 2 is 1.92 bits per heavy atom. The zero-order valence-corrected chi connectivity index (χ0v) is 21.7. The van der Waals surface area contributed by atoms with Gasteiger partial charge in [0.15, 0.2) is 5.82 Å². The summed E-state index contributed by atoms with van der Waals surface area (Å²) in [5.41, 5.74) is 3.54. The molecule has 4 rings (SSSR count). The minimum atomic E-state index is -0.478. The van der Waals surface area contributed by atoms with E-state index in [2.05, 4.69) is 20.6 Å². The molecule has 0 unspecified atom stereocenters. The number of benzene rings is 2. The Bertz CT molecular complexity index is 1420. The van der Waals surface area contributed by atoms with Gasteiger partial charge < -0.3 is 25.0 Å². The van der Waals surface area contributed by atoms with Gasteiger partial charge in [-0.2, -0.15) is 0 Å². The van der Waals surface area contributed by atoms with E-state index in [-0.39, 0.29) is 11.9 Å². The van der Waals surface area contributed by atoms with Crippen LogP contribution in [0.5, 0.6) is 0 Å². The Morgan fingerprint density at radius 1 is 1.17 bits per heavy atom. The third-order valence-corrected chi connectivity index (χ3v) is 6.07. The quantitative estimate of drug-likeness (QED) is 0.343. The summed E-state index contributed by atoms with van der Waals surface area (Å²) in [7, 11) is 7.65. The summed E-state index contributed by atoms with van der Waals surface area (Å²) in [4.78, 5) is 24.6. The lowest BCUT2D eigenvalue weighted by Gasteiger charge is -2.25. The fourth-order valence-electron chi connectivity index (χ4n) is 4.08. The van der Waals surface area contributed by atoms with Crippen molar-refractivity contribution in [3.63, 3.8) is 0 Å². The van der Waals surface area contributed by atoms with Gasteiger partial charge >= 0.3 is 0 Å². The molecule has 36 heavy (non-hydrogen) atoms. The van der Waals surface area contributed by atoms with Gasteiger partial charge in [0.05, 0.1) is 28.3 Å². The summed E-state index contributed by atoms with van der Waals surface area (Å²) in [5.74, 6) is -0.521. The van der Waals surface area contributed by atoms with Crippen molar-refractivity contribution in [1.82, 2.24) is 19.4 Å². The molecule has 0 saturated heterocycles. The van der Waals surface area contributed by atoms with Gasteiger partial charge in [-0.05, 0) is 32.3 Å². The van der Waals surface area contributed by atoms with Crippen LogP contribution in [0.3, 0.4) is 0 Å². The summed E-state index contributed by atoms with van der Waals surface area (Å²) in [6, 6.07) is 11.0. The number of fused-ring (bicyclic) bond motifs is 1. The molecule has 2 aromatic heterocycles. The summed E-state index contributed by atoms with van der Waals surface area (Å²) in [5, 5.41) is 7.21. The minimum Gasteiger partial charge on any atom is -0.369 e. The Balaban J connectivity index is 1.70. The molecule has 0 bridgehead atoms. The normalized spacial score (nSPS) is 11.2. The zero-order valence-electron chi connectivity index (χ0n) is 20.9. The molecule has 0 atom stereocenters. The van der Waals surface area contributed by atoms with Crippen molar-refractivity contribution < 1.29 is 9.18 Å². The number of anilines is 4. The van der Waals surface area contributed by atoms with Crippen LogP contribution in [0.1, 0.15) is 6.92 Å². The first-order valence-electron chi connectivity index (χ1n) is 11.4. The standard InChI is InChI=1S/C26H29ClFN7O/c1-16(36)30-22-13-17(12-21(28)25(22)34(4)11-10-33(2)3)31-26-29-14-20(27)24(32-26)19-15-35(5)23-9-7-6-8-18(19)23/h6-9,12-15H,10-11H2,1-5H3,(H,30,36)(H,29,31,32). The van der Waals surface area contributed by atoms with Crippen molar-refractivity contribution in [3.05, 3.63) is 59.6 Å². The molecule has 10 heteroatoms. The van der Waals surface area contributed by atoms with Crippen LogP contribution in [0.25, 0.3) is 22.2 Å². The molecule has 0 aliphatic rings. The van der Waals surface area contributed by atoms with Crippen molar-refractivity contribution >= 4 is 51.4 Å². The molecule has 0 aliphatic heterocycles. The van der Waals surface area contributed by atoms with Gasteiger partial charge in [0, 0.05) is 62.5 Å². The molecule has 2 aromatic carbocycles. The Hall–Kier alpha value is -3.69. The van der Waals surface area contributed by atoms with E-state index in [0.29, 0.717) is 34.3 Å². The number of amides is 1. The number of halogens is 2. The van der Waals surface area contributed by atoms with Gasteiger partial charge in [-0.15, -0.1) is 0 Å². The minimum absolute atomic E-state index is 0.254. The number of carbonyl (C=O) groups excluding carboxylic acids is 1. The lowest BCUT2D eigenvalue weighted by molar-refractivity contribution is -0.114. The first-order chi connectivity index (χ1) is 17.1. The number of aryl methyl sites for hydroxylation is 1. The van der Waals surface area contributed by atoms with Crippen LogP contribution in [0, 0.1) is 5.82 Å². The molecule has 1 amide bonds. The highest BCUT2D eigenvalue weighted by atomic mass is 35.5. The zero-order chi connectivity index (χ0) is 26.0.